The number of benzene rings is 4. The normalized spacial score (nSPS) is 15.0. The van der Waals surface area contributed by atoms with Crippen molar-refractivity contribution in [2.45, 2.75) is 68.7 Å². The smallest absolute Gasteiger partial charge is 0.124 e. The molecule has 0 aliphatic rings. The molecule has 0 bridgehead atoms. The van der Waals surface area contributed by atoms with Crippen molar-refractivity contribution >= 4 is 103 Å². The zero-order valence-electron chi connectivity index (χ0n) is 77.8. The predicted octanol–water partition coefficient (Wildman–Crippen LogP) is 14.3. The molecule has 20 heteroatoms. The summed E-state index contributed by atoms with van der Waals surface area (Å²) < 4.78 is 239. The number of rotatable bonds is 4. The van der Waals surface area contributed by atoms with Crippen molar-refractivity contribution in [1.82, 2.24) is 29.9 Å². The monoisotopic (exact) mass is 1660 g/mol. The first-order chi connectivity index (χ1) is 55.0. The van der Waals surface area contributed by atoms with E-state index in [-0.39, 0.29) is 114 Å². The molecule has 12 aromatic rings. The van der Waals surface area contributed by atoms with E-state index < -0.39 is 77.4 Å². The maximum Gasteiger partial charge on any atom is 0.124 e. The maximum atomic E-state index is 9.08. The van der Waals surface area contributed by atoms with Gasteiger partial charge in [0.2, 0.25) is 0 Å². The number of aliphatic hydroxyl groups is 2. The fourth-order valence-corrected chi connectivity index (χ4v) is 9.39. The van der Waals surface area contributed by atoms with E-state index in [2.05, 4.69) is 107 Å². The van der Waals surface area contributed by atoms with Gasteiger partial charge in [-0.05, 0) is 152 Å². The molecule has 8 aromatic heterocycles. The average Bonchev–Trinajstić information content (AvgIpc) is 1.64. The van der Waals surface area contributed by atoms with Crippen molar-refractivity contribution in [2.75, 3.05) is 20.5 Å². The summed E-state index contributed by atoms with van der Waals surface area (Å²) in [5.74, 6) is 15.5. The topological polar surface area (TPSA) is 175 Å². The third-order valence-corrected chi connectivity index (χ3v) is 12.9. The van der Waals surface area contributed by atoms with Crippen molar-refractivity contribution < 1.29 is 102 Å². The molecule has 0 amide bonds. The van der Waals surface area contributed by atoms with E-state index in [9.17, 15) is 0 Å². The molecule has 0 aliphatic carbocycles. The zero-order chi connectivity index (χ0) is 90.5. The first-order valence-electron chi connectivity index (χ1n) is 39.9. The second kappa shape index (κ2) is 42.5. The number of aryl methyl sites for hydroxylation is 8. The van der Waals surface area contributed by atoms with Crippen LogP contribution in [0.1, 0.15) is 97.0 Å². The molecule has 0 unspecified atom stereocenters. The molecule has 11 nitrogen and oxygen atoms in total. The van der Waals surface area contributed by atoms with Gasteiger partial charge < -0.3 is 29.7 Å². The van der Waals surface area contributed by atoms with E-state index >= 15 is 0 Å². The van der Waals surface area contributed by atoms with Gasteiger partial charge in [-0.15, -0.1) is 106 Å². The molecular formula is C73H68B4Ir2N6O5S3-4. The third kappa shape index (κ3) is 27.8. The van der Waals surface area contributed by atoms with Crippen LogP contribution >= 0.6 is 22.7 Å². The van der Waals surface area contributed by atoms with Gasteiger partial charge in [0.1, 0.15) is 9.66 Å². The molecule has 12 rings (SSSR count). The third-order valence-electron chi connectivity index (χ3n) is 10.6. The largest absolute Gasteiger partial charge is 0.748 e. The molecule has 0 fully saturated rings. The van der Waals surface area contributed by atoms with E-state index in [1.807, 2.05) is 12.1 Å². The Morgan fingerprint density at radius 3 is 1.34 bits per heavy atom. The van der Waals surface area contributed by atoms with Crippen LogP contribution in [0.5, 0.6) is 0 Å². The fourth-order valence-electron chi connectivity index (χ4n) is 7.03. The molecule has 93 heavy (non-hydrogen) atoms. The fraction of sp³-hybridized carbons (Fsp3) is 0.178. The summed E-state index contributed by atoms with van der Waals surface area (Å²) in [6.45, 7) is -14.9. The Balaban J connectivity index is 0.000000508. The minimum atomic E-state index is -3.92. The van der Waals surface area contributed by atoms with Gasteiger partial charge in [0.15, 0.2) is 0 Å². The minimum absolute atomic E-state index is 0. The summed E-state index contributed by atoms with van der Waals surface area (Å²) in [7, 11) is 12.1. The summed E-state index contributed by atoms with van der Waals surface area (Å²) >= 11 is 2.53. The Morgan fingerprint density at radius 2 is 0.925 bits per heavy atom. The molecule has 0 atom stereocenters. The Morgan fingerprint density at radius 1 is 0.505 bits per heavy atom. The molecule has 0 saturated carbocycles. The van der Waals surface area contributed by atoms with Gasteiger partial charge in [0.05, 0.1) is 21.3 Å². The van der Waals surface area contributed by atoms with Crippen LogP contribution < -0.4 is 0 Å². The van der Waals surface area contributed by atoms with Gasteiger partial charge in [-0.25, -0.2) is 18.4 Å². The van der Waals surface area contributed by atoms with Gasteiger partial charge in [-0.1, -0.05) is 97.6 Å². The molecule has 8 radical (unpaired) electrons. The second-order valence-corrected chi connectivity index (χ2v) is 20.7. The predicted molar refractivity (Wildman–Crippen MR) is 384 cm³/mol. The molecule has 8 heterocycles. The molecule has 2 N–H and O–H groups in total. The van der Waals surface area contributed by atoms with Crippen molar-refractivity contribution in [3.05, 3.63) is 227 Å². The average molecular weight is 1660 g/mol. The molecule has 4 aromatic carbocycles. The van der Waals surface area contributed by atoms with Crippen LogP contribution in [-0.4, -0.2) is 103 Å². The minimum Gasteiger partial charge on any atom is -0.748 e. The van der Waals surface area contributed by atoms with E-state index in [4.69, 9.17) is 61.6 Å². The zero-order valence-corrected chi connectivity index (χ0v) is 57.0. The number of aromatic nitrogens is 6. The van der Waals surface area contributed by atoms with Crippen molar-refractivity contribution in [2.24, 2.45) is 0 Å². The van der Waals surface area contributed by atoms with Crippen LogP contribution in [-0.2, 0) is 50.3 Å². The molecule has 0 spiro atoms. The molecular weight excluding hydrogens is 1560 g/mol. The van der Waals surface area contributed by atoms with Crippen molar-refractivity contribution in [3.63, 3.8) is 0 Å². The van der Waals surface area contributed by atoms with Gasteiger partial charge in [-0.3, -0.25) is 4.98 Å². The molecule has 472 valence electrons. The number of nitrogens with zero attached hydrogens (tertiary/aromatic N) is 6. The summed E-state index contributed by atoms with van der Waals surface area (Å²) in [6.07, 6.45) is 4.77. The van der Waals surface area contributed by atoms with Crippen LogP contribution in [0, 0.1) is 109 Å². The number of hydrogen-bond acceptors (Lipinski definition) is 13. The van der Waals surface area contributed by atoms with Crippen LogP contribution in [0.25, 0.3) is 85.6 Å². The van der Waals surface area contributed by atoms with Crippen molar-refractivity contribution in [1.29, 1.82) is 0 Å². The first-order valence-corrected chi connectivity index (χ1v) is 29.3. The van der Waals surface area contributed by atoms with Crippen LogP contribution in [0.3, 0.4) is 0 Å². The SMILES string of the molecule is CC#CC#CC#CC.CO.CO.CS(=O)(=O)[O-].[2H]C([2H])([2H])c1c[c-]c(-c2ccc(C([2H])([2H])[2H])cn2)cc1.[2H]C([2H])([2H])c1c[c-]c(-c2ccc(C([2H])([2H])[2H])cn2)cc1.[2H]c1c(C([2H])([2H])[2H])cnc(-c2[c-]ccc3c2sc2nc(C([2H])([2H])[2H])ccc23)c1[2H].[2H]c1c(C([2H])([2H])[2H])cnc(-c2cccc3c2sc2nc(C([2H])([2H])[2H])ccc23)c1[2H].[B]B([B])[B].[Ir].[Ir]. The number of pyridine rings is 6. The Hall–Kier alpha value is -7.71. The molecule has 0 aliphatic heterocycles. The summed E-state index contributed by atoms with van der Waals surface area (Å²) in [5.41, 5.74) is 3.94. The quantitative estimate of drug-likeness (QED) is 0.0742. The van der Waals surface area contributed by atoms with E-state index in [1.165, 1.54) is 83.6 Å². The number of thiophene rings is 2. The van der Waals surface area contributed by atoms with Crippen LogP contribution in [0.2, 0.25) is 0 Å². The Labute approximate surface area is 628 Å². The summed E-state index contributed by atoms with van der Waals surface area (Å²) in [4.78, 5) is 26.1. The number of hydrogen-bond donors (Lipinski definition) is 2. The summed E-state index contributed by atoms with van der Waals surface area (Å²) in [5, 5.41) is 17.2. The summed E-state index contributed by atoms with van der Waals surface area (Å²) in [6, 6.07) is 37.8. The first kappa shape index (κ1) is 46.4. The van der Waals surface area contributed by atoms with Gasteiger partial charge >= 0.3 is 0 Å². The van der Waals surface area contributed by atoms with E-state index in [0.29, 0.717) is 54.3 Å². The van der Waals surface area contributed by atoms with Gasteiger partial charge in [0.25, 0.3) is 0 Å². The maximum absolute atomic E-state index is 9.08. The number of aliphatic hydroxyl groups excluding tert-OH is 2. The number of fused-ring (bicyclic) bond motifs is 6. The molecule has 0 saturated heterocycles. The van der Waals surface area contributed by atoms with Crippen LogP contribution in [0.4, 0.5) is 0 Å². The van der Waals surface area contributed by atoms with Gasteiger partial charge in [0, 0.05) is 180 Å². The second-order valence-electron chi connectivity index (χ2n) is 17.2. The van der Waals surface area contributed by atoms with Crippen LogP contribution in [0.15, 0.2) is 164 Å². The van der Waals surface area contributed by atoms with Crippen molar-refractivity contribution in [3.8, 4) is 80.6 Å². The Bertz CT molecular complexity index is 5310. The van der Waals surface area contributed by atoms with E-state index in [1.54, 1.807) is 68.4 Å². The Kier molecular flexibility index (Phi) is 21.2. The van der Waals surface area contributed by atoms with E-state index in [0.717, 1.165) is 52.9 Å². The van der Waals surface area contributed by atoms with Gasteiger partial charge in [-0.2, -0.15) is 11.3 Å². The standard InChI is InChI=1S/C18H14N2S.C18H13N2S.2C13H12N.C8H6.CH4O3S.2CH4O.B4.2Ir/c2*1-11-6-9-16(19-10-11)15-5-3-4-13-14-8-7-12(2)20-18(14)21-17(13)15;2*1-10-3-6-12(7-4-10)13-8-5-11(2)9-14-13;1-3-5-7-8-6-4-2;1-5(2,3)4;2*1-2;1-4(2)3;;/h3-10H,1-2H3;3-4,6-10H,1-2H3;2*3-6,8-9H,1-2H3;1-2H3;1H3,(H,2,3,4);2*2H,1H3;;;/q;3*-1;;;;;;;/p-1/i2*1D3,2D3,6D,9D;2*1D3,2D3;;;;;;;.